The highest BCUT2D eigenvalue weighted by Gasteiger charge is 2.44. The van der Waals surface area contributed by atoms with E-state index in [2.05, 4.69) is 41.1 Å². The first-order valence-electron chi connectivity index (χ1n) is 22.5. The zero-order valence-electron chi connectivity index (χ0n) is 38.9. The molecule has 2 aliphatic heterocycles. The fourth-order valence-electron chi connectivity index (χ4n) is 7.94. The van der Waals surface area contributed by atoms with Crippen LogP contribution in [0, 0.1) is 12.3 Å². The van der Waals surface area contributed by atoms with Crippen molar-refractivity contribution in [3.05, 3.63) is 70.5 Å². The average molecular weight is 977 g/mol. The summed E-state index contributed by atoms with van der Waals surface area (Å²) in [6, 6.07) is 10.7. The summed E-state index contributed by atoms with van der Waals surface area (Å²) in [5.41, 5.74) is 16.6. The molecule has 4 atom stereocenters. The number of unbranched alkanes of at least 4 members (excludes halogenated alkanes) is 1. The van der Waals surface area contributed by atoms with Crippen molar-refractivity contribution in [2.45, 2.75) is 126 Å². The minimum Gasteiger partial charge on any atom is -0.391 e. The van der Waals surface area contributed by atoms with Gasteiger partial charge in [0.15, 0.2) is 5.82 Å². The molecule has 2 aliphatic rings. The molecule has 0 spiro atoms. The summed E-state index contributed by atoms with van der Waals surface area (Å²) in [6.45, 7) is 13.0. The van der Waals surface area contributed by atoms with Crippen molar-refractivity contribution in [2.75, 3.05) is 42.1 Å². The standard InChI is InChI=1S/C47H62ClN11O6S2/c1-27(29-13-15-30(16-14-29)40-28(2)53-26-66-40)54-43(64)33-22-31(60)25-59(33)45(65)41(46(3,4)5)57-36(61)12-7-8-19-51-37(62)23-38(63)55-32-10-9-11-34(39(32)48)67-44-42(49)56-35(24-52-44)58-20-17-47(6,50)18-21-58/h9-11,13-16,24,26-27,31,33,41,60H,7-8,12,17-23,25,50H2,1-6H3,(H2,49,56)(H,51,62)(H,54,64)(H,55,63)(H,57,61)/t27-,31+,33-,41+/m1/s1. The number of nitrogen functional groups attached to an aromatic ring is 1. The van der Waals surface area contributed by atoms with Crippen LogP contribution in [0.5, 0.6) is 0 Å². The molecule has 67 heavy (non-hydrogen) atoms. The minimum atomic E-state index is -0.973. The summed E-state index contributed by atoms with van der Waals surface area (Å²) in [5.74, 6) is -1.35. The predicted octanol–water partition coefficient (Wildman–Crippen LogP) is 5.60. The van der Waals surface area contributed by atoms with Gasteiger partial charge in [-0.3, -0.25) is 24.0 Å². The smallest absolute Gasteiger partial charge is 0.246 e. The summed E-state index contributed by atoms with van der Waals surface area (Å²) in [6.07, 6.45) is 2.96. The van der Waals surface area contributed by atoms with Crippen LogP contribution in [0.15, 0.2) is 64.1 Å². The van der Waals surface area contributed by atoms with Crippen LogP contribution in [-0.2, 0) is 24.0 Å². The topological polar surface area (TPSA) is 251 Å². The van der Waals surface area contributed by atoms with E-state index in [0.29, 0.717) is 34.3 Å². The number of aromatic nitrogens is 3. The summed E-state index contributed by atoms with van der Waals surface area (Å²) in [4.78, 5) is 85.0. The van der Waals surface area contributed by atoms with Gasteiger partial charge >= 0.3 is 0 Å². The van der Waals surface area contributed by atoms with Gasteiger partial charge in [-0.25, -0.2) is 15.0 Å². The maximum atomic E-state index is 14.1. The van der Waals surface area contributed by atoms with E-state index in [1.807, 2.05) is 65.8 Å². The van der Waals surface area contributed by atoms with Crippen LogP contribution in [0.3, 0.4) is 0 Å². The Morgan fingerprint density at radius 2 is 1.73 bits per heavy atom. The van der Waals surface area contributed by atoms with Crippen LogP contribution >= 0.6 is 34.7 Å². The lowest BCUT2D eigenvalue weighted by atomic mass is 9.85. The van der Waals surface area contributed by atoms with E-state index >= 15 is 0 Å². The number of thiazole rings is 1. The Morgan fingerprint density at radius 3 is 2.39 bits per heavy atom. The van der Waals surface area contributed by atoms with Crippen molar-refractivity contribution in [2.24, 2.45) is 11.1 Å². The lowest BCUT2D eigenvalue weighted by molar-refractivity contribution is -0.144. The first-order valence-corrected chi connectivity index (χ1v) is 24.5. The largest absolute Gasteiger partial charge is 0.391 e. The number of aliphatic hydroxyl groups excluding tert-OH is 1. The van der Waals surface area contributed by atoms with Gasteiger partial charge in [0.25, 0.3) is 0 Å². The number of anilines is 3. The van der Waals surface area contributed by atoms with E-state index in [1.165, 1.54) is 16.7 Å². The van der Waals surface area contributed by atoms with Crippen molar-refractivity contribution in [3.8, 4) is 10.4 Å². The number of benzene rings is 2. The highest BCUT2D eigenvalue weighted by molar-refractivity contribution is 7.99. The Balaban J connectivity index is 0.926. The Labute approximate surface area is 405 Å². The molecule has 5 amide bonds. The third-order valence-electron chi connectivity index (χ3n) is 12.0. The number of piperidine rings is 1. The van der Waals surface area contributed by atoms with Gasteiger partial charge in [-0.1, -0.05) is 74.5 Å². The minimum absolute atomic E-state index is 0.0391. The quantitative estimate of drug-likeness (QED) is 0.0504. The van der Waals surface area contributed by atoms with Crippen molar-refractivity contribution in [3.63, 3.8) is 0 Å². The van der Waals surface area contributed by atoms with Gasteiger partial charge in [-0.2, -0.15) is 0 Å². The fraction of sp³-hybridized carbons (Fsp3) is 0.489. The molecule has 6 rings (SSSR count). The number of carbonyl (C=O) groups is 5. The van der Waals surface area contributed by atoms with Crippen LogP contribution < -0.4 is 37.6 Å². The highest BCUT2D eigenvalue weighted by atomic mass is 35.5. The zero-order chi connectivity index (χ0) is 48.6. The van der Waals surface area contributed by atoms with Gasteiger partial charge < -0.3 is 47.6 Å². The van der Waals surface area contributed by atoms with Crippen LogP contribution in [0.25, 0.3) is 10.4 Å². The van der Waals surface area contributed by atoms with E-state index < -0.39 is 47.7 Å². The Kier molecular flexibility index (Phi) is 16.9. The molecule has 360 valence electrons. The Hall–Kier alpha value is -5.34. The first kappa shape index (κ1) is 51.1. The van der Waals surface area contributed by atoms with Crippen molar-refractivity contribution < 1.29 is 29.1 Å². The first-order chi connectivity index (χ1) is 31.7. The fourth-order valence-corrected chi connectivity index (χ4v) is 9.85. The van der Waals surface area contributed by atoms with Gasteiger partial charge in [0.05, 0.1) is 45.1 Å². The maximum Gasteiger partial charge on any atom is 0.246 e. The molecule has 0 radical (unpaired) electrons. The number of nitrogens with zero attached hydrogens (tertiary/aromatic N) is 5. The van der Waals surface area contributed by atoms with Crippen LogP contribution in [-0.4, -0.2) is 104 Å². The van der Waals surface area contributed by atoms with Crippen LogP contribution in [0.2, 0.25) is 5.02 Å². The predicted molar refractivity (Wildman–Crippen MR) is 263 cm³/mol. The third kappa shape index (κ3) is 13.6. The van der Waals surface area contributed by atoms with Crippen molar-refractivity contribution >= 4 is 81.6 Å². The van der Waals surface area contributed by atoms with Crippen molar-refractivity contribution in [1.29, 1.82) is 0 Å². The molecule has 20 heteroatoms. The second-order valence-corrected chi connectivity index (χ2v) is 21.0. The van der Waals surface area contributed by atoms with Gasteiger partial charge in [0.1, 0.15) is 29.3 Å². The maximum absolute atomic E-state index is 14.1. The molecule has 4 aromatic rings. The van der Waals surface area contributed by atoms with Gasteiger partial charge in [-0.05, 0) is 75.1 Å². The lowest BCUT2D eigenvalue weighted by Gasteiger charge is -2.37. The lowest BCUT2D eigenvalue weighted by Crippen LogP contribution is -2.57. The number of nitrogens with one attached hydrogen (secondary N) is 4. The van der Waals surface area contributed by atoms with Gasteiger partial charge in [0.2, 0.25) is 29.5 Å². The second kappa shape index (κ2) is 22.2. The van der Waals surface area contributed by atoms with Crippen LogP contribution in [0.4, 0.5) is 17.3 Å². The summed E-state index contributed by atoms with van der Waals surface area (Å²) in [5, 5.41) is 22.6. The third-order valence-corrected chi connectivity index (χ3v) is 14.5. The number of carbonyl (C=O) groups excluding carboxylic acids is 5. The van der Waals surface area contributed by atoms with Crippen LogP contribution in [0.1, 0.15) is 96.9 Å². The van der Waals surface area contributed by atoms with E-state index in [9.17, 15) is 29.1 Å². The average Bonchev–Trinajstić information content (AvgIpc) is 3.89. The van der Waals surface area contributed by atoms with E-state index in [0.717, 1.165) is 47.6 Å². The molecular formula is C47H62ClN11O6S2. The number of likely N-dealkylation sites (tertiary alicyclic amines) is 1. The zero-order valence-corrected chi connectivity index (χ0v) is 41.2. The highest BCUT2D eigenvalue weighted by Crippen LogP contribution is 2.39. The van der Waals surface area contributed by atoms with E-state index in [-0.39, 0.29) is 60.2 Å². The van der Waals surface area contributed by atoms with E-state index in [4.69, 9.17) is 23.1 Å². The Morgan fingerprint density at radius 1 is 1.01 bits per heavy atom. The molecule has 0 unspecified atom stereocenters. The summed E-state index contributed by atoms with van der Waals surface area (Å²) in [7, 11) is 0. The number of β-amino-alcohol motifs (C(OH)–C–C–N with tert-alkyl or cyclic N) is 1. The SMILES string of the molecule is Cc1ncsc1-c1ccc([C@@H](C)NC(=O)[C@H]2C[C@H](O)CN2C(=O)[C@H](NC(=O)CCCCNC(=O)CC(=O)Nc2cccc(Sc3ncc(N4CCC(C)(N)CC4)nc3N)c2Cl)C(C)(C)C)cc1. The van der Waals surface area contributed by atoms with Crippen molar-refractivity contribution in [1.82, 2.24) is 35.8 Å². The monoisotopic (exact) mass is 975 g/mol. The molecular weight excluding hydrogens is 914 g/mol. The number of amides is 5. The molecule has 4 heterocycles. The molecule has 2 aromatic heterocycles. The molecule has 0 aliphatic carbocycles. The number of hydrogen-bond acceptors (Lipinski definition) is 14. The summed E-state index contributed by atoms with van der Waals surface area (Å²) < 4.78 is 0. The van der Waals surface area contributed by atoms with Gasteiger partial charge in [0, 0.05) is 49.5 Å². The molecule has 9 N–H and O–H groups in total. The summed E-state index contributed by atoms with van der Waals surface area (Å²) >= 11 is 9.45. The molecule has 2 saturated heterocycles. The van der Waals surface area contributed by atoms with E-state index in [1.54, 1.807) is 41.2 Å². The number of aryl methyl sites for hydroxylation is 1. The number of rotatable bonds is 17. The molecule has 0 saturated carbocycles. The number of aliphatic hydroxyl groups is 1. The van der Waals surface area contributed by atoms with Gasteiger partial charge in [-0.15, -0.1) is 11.3 Å². The number of halogens is 1. The molecule has 17 nitrogen and oxygen atoms in total. The normalized spacial score (nSPS) is 17.9. The number of hydrogen-bond donors (Lipinski definition) is 7. The second-order valence-electron chi connectivity index (χ2n) is 18.7. The molecule has 0 bridgehead atoms. The number of nitrogens with two attached hydrogens (primary N) is 2. The molecule has 2 aromatic carbocycles. The Bertz CT molecular complexity index is 2420. The molecule has 2 fully saturated rings.